The summed E-state index contributed by atoms with van der Waals surface area (Å²) >= 11 is 0. The fraction of sp³-hybridized carbons (Fsp3) is 0.450. The largest absolute Gasteiger partial charge is 0.480 e. The first-order valence-electron chi connectivity index (χ1n) is 8.51. The van der Waals surface area contributed by atoms with Gasteiger partial charge in [-0.1, -0.05) is 45.0 Å². The Balaban J connectivity index is 1.72. The van der Waals surface area contributed by atoms with Gasteiger partial charge in [0.2, 0.25) is 0 Å². The molecule has 2 heterocycles. The average Bonchev–Trinajstić information content (AvgIpc) is 3.16. The first-order chi connectivity index (χ1) is 11.3. The minimum Gasteiger partial charge on any atom is -0.480 e. The van der Waals surface area contributed by atoms with Crippen LogP contribution in [0.4, 0.5) is 0 Å². The highest BCUT2D eigenvalue weighted by molar-refractivity contribution is 5.73. The minimum atomic E-state index is -0.739. The van der Waals surface area contributed by atoms with E-state index in [2.05, 4.69) is 45.0 Å². The molecule has 0 amide bonds. The second-order valence-electron chi connectivity index (χ2n) is 7.56. The number of rotatable bonds is 4. The molecule has 4 nitrogen and oxygen atoms in total. The van der Waals surface area contributed by atoms with Crippen molar-refractivity contribution in [1.82, 2.24) is 4.90 Å². The van der Waals surface area contributed by atoms with Crippen LogP contribution in [0.2, 0.25) is 0 Å². The highest BCUT2D eigenvalue weighted by Crippen LogP contribution is 2.28. The number of carboxylic acids is 1. The lowest BCUT2D eigenvalue weighted by Gasteiger charge is -2.19. The van der Waals surface area contributed by atoms with Gasteiger partial charge < -0.3 is 9.52 Å². The molecule has 1 aliphatic rings. The third-order valence-corrected chi connectivity index (χ3v) is 4.70. The van der Waals surface area contributed by atoms with Gasteiger partial charge in [-0.05, 0) is 42.5 Å². The average molecular weight is 327 g/mol. The van der Waals surface area contributed by atoms with Crippen molar-refractivity contribution < 1.29 is 14.3 Å². The molecule has 0 spiro atoms. The Morgan fingerprint density at radius 3 is 2.54 bits per heavy atom. The van der Waals surface area contributed by atoms with E-state index >= 15 is 0 Å². The fourth-order valence-corrected chi connectivity index (χ4v) is 3.25. The van der Waals surface area contributed by atoms with Crippen molar-refractivity contribution in [3.8, 4) is 11.3 Å². The Labute approximate surface area is 143 Å². The number of benzene rings is 1. The number of likely N-dealkylation sites (tertiary alicyclic amines) is 1. The molecule has 2 aromatic rings. The molecule has 0 aliphatic carbocycles. The molecule has 1 saturated heterocycles. The maximum atomic E-state index is 11.3. The molecule has 0 radical (unpaired) electrons. The monoisotopic (exact) mass is 327 g/mol. The van der Waals surface area contributed by atoms with Crippen LogP contribution in [0.3, 0.4) is 0 Å². The van der Waals surface area contributed by atoms with Crippen LogP contribution in [0, 0.1) is 0 Å². The normalized spacial score (nSPS) is 18.9. The molecule has 0 saturated carbocycles. The summed E-state index contributed by atoms with van der Waals surface area (Å²) in [7, 11) is 0. The molecule has 1 atom stereocenters. The number of carbonyl (C=O) groups is 1. The molecule has 1 aromatic carbocycles. The fourth-order valence-electron chi connectivity index (χ4n) is 3.25. The van der Waals surface area contributed by atoms with Crippen molar-refractivity contribution >= 4 is 5.97 Å². The number of carboxylic acid groups (broad SMARTS) is 1. The van der Waals surface area contributed by atoms with Gasteiger partial charge in [-0.2, -0.15) is 0 Å². The molecule has 0 bridgehead atoms. The van der Waals surface area contributed by atoms with E-state index in [1.54, 1.807) is 0 Å². The van der Waals surface area contributed by atoms with Gasteiger partial charge in [0.05, 0.1) is 6.54 Å². The summed E-state index contributed by atoms with van der Waals surface area (Å²) < 4.78 is 5.95. The number of aliphatic carboxylic acids is 1. The lowest BCUT2D eigenvalue weighted by molar-refractivity contribution is -0.142. The van der Waals surface area contributed by atoms with Crippen molar-refractivity contribution in [3.63, 3.8) is 0 Å². The van der Waals surface area contributed by atoms with Gasteiger partial charge in [0.1, 0.15) is 17.6 Å². The van der Waals surface area contributed by atoms with Crippen molar-refractivity contribution in [2.45, 2.75) is 51.6 Å². The van der Waals surface area contributed by atoms with Gasteiger partial charge in [0, 0.05) is 5.56 Å². The molecule has 1 aliphatic heterocycles. The molecule has 1 aromatic heterocycles. The summed E-state index contributed by atoms with van der Waals surface area (Å²) in [6.07, 6.45) is 1.65. The molecule has 1 N–H and O–H groups in total. The lowest BCUT2D eigenvalue weighted by atomic mass is 9.86. The highest BCUT2D eigenvalue weighted by Gasteiger charge is 2.30. The van der Waals surface area contributed by atoms with E-state index in [9.17, 15) is 9.90 Å². The van der Waals surface area contributed by atoms with Crippen LogP contribution in [0.25, 0.3) is 11.3 Å². The van der Waals surface area contributed by atoms with Crippen LogP contribution in [0.5, 0.6) is 0 Å². The van der Waals surface area contributed by atoms with E-state index in [4.69, 9.17) is 4.42 Å². The van der Waals surface area contributed by atoms with Crippen LogP contribution in [-0.2, 0) is 16.8 Å². The number of hydrogen-bond acceptors (Lipinski definition) is 3. The highest BCUT2D eigenvalue weighted by atomic mass is 16.4. The first-order valence-corrected chi connectivity index (χ1v) is 8.51. The summed E-state index contributed by atoms with van der Waals surface area (Å²) in [6.45, 7) is 7.95. The summed E-state index contributed by atoms with van der Waals surface area (Å²) in [5.74, 6) is 0.909. The second-order valence-corrected chi connectivity index (χ2v) is 7.56. The Bertz CT molecular complexity index is 709. The number of nitrogens with zero attached hydrogens (tertiary/aromatic N) is 1. The summed E-state index contributed by atoms with van der Waals surface area (Å²) in [6, 6.07) is 12.0. The van der Waals surface area contributed by atoms with Crippen molar-refractivity contribution in [3.05, 3.63) is 47.7 Å². The predicted octanol–water partition coefficient (Wildman–Crippen LogP) is 4.29. The number of furan rings is 1. The van der Waals surface area contributed by atoms with Crippen molar-refractivity contribution in [1.29, 1.82) is 0 Å². The Morgan fingerprint density at radius 1 is 1.21 bits per heavy atom. The SMILES string of the molecule is CC(C)(C)c1ccc(-c2ccc(CN3CCC[C@H]3C(=O)O)o2)cc1. The molecule has 4 heteroatoms. The molecule has 3 rings (SSSR count). The third-order valence-electron chi connectivity index (χ3n) is 4.70. The molecule has 24 heavy (non-hydrogen) atoms. The van der Waals surface area contributed by atoms with Crippen LogP contribution in [0.15, 0.2) is 40.8 Å². The molecular weight excluding hydrogens is 302 g/mol. The van der Waals surface area contributed by atoms with Crippen LogP contribution in [-0.4, -0.2) is 28.6 Å². The summed E-state index contributed by atoms with van der Waals surface area (Å²) in [5.41, 5.74) is 2.47. The Hall–Kier alpha value is -2.07. The van der Waals surface area contributed by atoms with E-state index in [-0.39, 0.29) is 11.5 Å². The third kappa shape index (κ3) is 3.54. The minimum absolute atomic E-state index is 0.133. The molecule has 0 unspecified atom stereocenters. The Morgan fingerprint density at radius 2 is 1.92 bits per heavy atom. The zero-order valence-corrected chi connectivity index (χ0v) is 14.6. The molecule has 1 fully saturated rings. The van der Waals surface area contributed by atoms with Gasteiger partial charge in [0.15, 0.2) is 0 Å². The summed E-state index contributed by atoms with van der Waals surface area (Å²) in [4.78, 5) is 13.2. The van der Waals surface area contributed by atoms with Gasteiger partial charge in [-0.25, -0.2) is 0 Å². The topological polar surface area (TPSA) is 53.7 Å². The quantitative estimate of drug-likeness (QED) is 0.910. The Kier molecular flexibility index (Phi) is 4.50. The second kappa shape index (κ2) is 6.44. The van der Waals surface area contributed by atoms with Gasteiger partial charge in [-0.15, -0.1) is 0 Å². The zero-order valence-electron chi connectivity index (χ0n) is 14.6. The van der Waals surface area contributed by atoms with E-state index in [1.165, 1.54) is 5.56 Å². The zero-order chi connectivity index (χ0) is 17.3. The van der Waals surface area contributed by atoms with Crippen molar-refractivity contribution in [2.75, 3.05) is 6.54 Å². The van der Waals surface area contributed by atoms with E-state index in [0.29, 0.717) is 6.54 Å². The van der Waals surface area contributed by atoms with Crippen molar-refractivity contribution in [2.24, 2.45) is 0 Å². The predicted molar refractivity (Wildman–Crippen MR) is 93.9 cm³/mol. The standard InChI is InChI=1S/C20H25NO3/c1-20(2,3)15-8-6-14(7-9-15)18-11-10-16(24-18)13-21-12-4-5-17(21)19(22)23/h6-11,17H,4-5,12-13H2,1-3H3,(H,22,23)/t17-/m0/s1. The first kappa shape index (κ1) is 16.8. The van der Waals surface area contributed by atoms with Crippen LogP contribution < -0.4 is 0 Å². The lowest BCUT2D eigenvalue weighted by Crippen LogP contribution is -2.35. The molecular formula is C20H25NO3. The van der Waals surface area contributed by atoms with Gasteiger partial charge >= 0.3 is 5.97 Å². The van der Waals surface area contributed by atoms with Crippen LogP contribution >= 0.6 is 0 Å². The van der Waals surface area contributed by atoms with Crippen LogP contribution in [0.1, 0.15) is 44.9 Å². The van der Waals surface area contributed by atoms with E-state index < -0.39 is 5.97 Å². The maximum Gasteiger partial charge on any atom is 0.320 e. The summed E-state index contributed by atoms with van der Waals surface area (Å²) in [5, 5.41) is 9.26. The molecule has 128 valence electrons. The smallest absolute Gasteiger partial charge is 0.320 e. The maximum absolute atomic E-state index is 11.3. The van der Waals surface area contributed by atoms with E-state index in [0.717, 1.165) is 36.5 Å². The van der Waals surface area contributed by atoms with Gasteiger partial charge in [-0.3, -0.25) is 9.69 Å². The van der Waals surface area contributed by atoms with Gasteiger partial charge in [0.25, 0.3) is 0 Å². The number of hydrogen-bond donors (Lipinski definition) is 1. The van der Waals surface area contributed by atoms with E-state index in [1.807, 2.05) is 17.0 Å².